The molecule has 0 spiro atoms. The summed E-state index contributed by atoms with van der Waals surface area (Å²) in [6, 6.07) is 0. The van der Waals surface area contributed by atoms with E-state index in [1.165, 1.54) is 12.8 Å². The van der Waals surface area contributed by atoms with Crippen LogP contribution in [-0.4, -0.2) is 42.2 Å². The van der Waals surface area contributed by atoms with Crippen LogP contribution in [-0.2, 0) is 9.47 Å². The molecule has 0 saturated heterocycles. The third kappa shape index (κ3) is 10.7. The number of nitrogens with two attached hydrogens (primary N) is 1. The molecule has 0 bridgehead atoms. The number of aliphatic hydroxyl groups excluding tert-OH is 1. The lowest BCUT2D eigenvalue weighted by atomic mass is 9.75. The van der Waals surface area contributed by atoms with Crippen LogP contribution in [0, 0.1) is 5.41 Å². The van der Waals surface area contributed by atoms with E-state index in [9.17, 15) is 5.11 Å². The number of hydrogen-bond acceptors (Lipinski definition) is 4. The quantitative estimate of drug-likeness (QED) is 0.319. The van der Waals surface area contributed by atoms with Gasteiger partial charge in [0.2, 0.25) is 0 Å². The van der Waals surface area contributed by atoms with Crippen LogP contribution in [0.15, 0.2) is 12.2 Å². The van der Waals surface area contributed by atoms with Gasteiger partial charge < -0.3 is 20.3 Å². The van der Waals surface area contributed by atoms with Gasteiger partial charge in [0.05, 0.1) is 30.5 Å². The van der Waals surface area contributed by atoms with Gasteiger partial charge in [0.15, 0.2) is 0 Å². The fourth-order valence-electron chi connectivity index (χ4n) is 3.31. The summed E-state index contributed by atoms with van der Waals surface area (Å²) in [4.78, 5) is 0. The molecule has 0 saturated carbocycles. The number of aliphatic hydroxyl groups is 1. The van der Waals surface area contributed by atoms with E-state index in [2.05, 4.69) is 26.0 Å². The highest BCUT2D eigenvalue weighted by Gasteiger charge is 2.34. The van der Waals surface area contributed by atoms with Crippen LogP contribution in [0.4, 0.5) is 0 Å². The maximum Gasteiger partial charge on any atom is 0.0708 e. The molecule has 0 radical (unpaired) electrons. The molecule has 0 rings (SSSR count). The fraction of sp³-hybridized carbons (Fsp3) is 0.909. The Hall–Kier alpha value is -0.420. The van der Waals surface area contributed by atoms with Crippen LogP contribution in [0.2, 0.25) is 0 Å². The minimum Gasteiger partial charge on any atom is -0.392 e. The molecule has 4 nitrogen and oxygen atoms in total. The molecule has 3 N–H and O–H groups in total. The number of unbranched alkanes of at least 4 members (excludes halogenated alkanes) is 2. The van der Waals surface area contributed by atoms with Gasteiger partial charge in [0.25, 0.3) is 0 Å². The first-order valence-electron chi connectivity index (χ1n) is 10.3. The normalized spacial score (nSPS) is 16.8. The van der Waals surface area contributed by atoms with E-state index in [0.717, 1.165) is 19.3 Å². The van der Waals surface area contributed by atoms with Gasteiger partial charge in [0.1, 0.15) is 0 Å². The average Bonchev–Trinajstić information content (AvgIpc) is 2.51. The van der Waals surface area contributed by atoms with Crippen molar-refractivity contribution in [1.29, 1.82) is 0 Å². The Kier molecular flexibility index (Phi) is 11.9. The molecule has 0 fully saturated rings. The Morgan fingerprint density at radius 1 is 0.962 bits per heavy atom. The molecular formula is C22H45NO3. The van der Waals surface area contributed by atoms with Gasteiger partial charge in [-0.1, -0.05) is 45.3 Å². The first-order chi connectivity index (χ1) is 12.0. The van der Waals surface area contributed by atoms with Gasteiger partial charge in [-0.05, 0) is 54.0 Å². The molecule has 0 aliphatic rings. The summed E-state index contributed by atoms with van der Waals surface area (Å²) in [5.41, 5.74) is 4.79. The molecule has 0 aliphatic carbocycles. The van der Waals surface area contributed by atoms with Gasteiger partial charge in [-0.3, -0.25) is 0 Å². The van der Waals surface area contributed by atoms with Gasteiger partial charge in [-0.2, -0.15) is 0 Å². The fourth-order valence-corrected chi connectivity index (χ4v) is 3.31. The van der Waals surface area contributed by atoms with E-state index >= 15 is 0 Å². The lowest BCUT2D eigenvalue weighted by molar-refractivity contribution is -0.105. The molecule has 0 heterocycles. The summed E-state index contributed by atoms with van der Waals surface area (Å²) in [7, 11) is 0. The molecule has 156 valence electrons. The second-order valence-corrected chi connectivity index (χ2v) is 8.94. The summed E-state index contributed by atoms with van der Waals surface area (Å²) >= 11 is 0. The molecule has 0 aliphatic heterocycles. The predicted octanol–water partition coefficient (Wildman–Crippen LogP) is 4.84. The number of ether oxygens (including phenoxy) is 2. The Balaban J connectivity index is 4.54. The number of hydrogen-bond donors (Lipinski definition) is 2. The SMILES string of the molecule is CC=CC(C)(CCCCC)C(O)CC(C)(C)OCCOC(C)(C)CCN. The van der Waals surface area contributed by atoms with E-state index in [-0.39, 0.29) is 11.0 Å². The smallest absolute Gasteiger partial charge is 0.0708 e. The van der Waals surface area contributed by atoms with E-state index < -0.39 is 11.7 Å². The first kappa shape index (κ1) is 25.6. The van der Waals surface area contributed by atoms with Crippen LogP contribution in [0.3, 0.4) is 0 Å². The van der Waals surface area contributed by atoms with Crippen LogP contribution in [0.5, 0.6) is 0 Å². The van der Waals surface area contributed by atoms with Crippen molar-refractivity contribution < 1.29 is 14.6 Å². The highest BCUT2D eigenvalue weighted by atomic mass is 16.5. The van der Waals surface area contributed by atoms with E-state index in [4.69, 9.17) is 15.2 Å². The second kappa shape index (κ2) is 12.1. The third-order valence-corrected chi connectivity index (χ3v) is 5.13. The van der Waals surface area contributed by atoms with Crippen molar-refractivity contribution >= 4 is 0 Å². The summed E-state index contributed by atoms with van der Waals surface area (Å²) in [5.74, 6) is 0. The maximum atomic E-state index is 10.9. The lowest BCUT2D eigenvalue weighted by Gasteiger charge is -2.37. The third-order valence-electron chi connectivity index (χ3n) is 5.13. The minimum absolute atomic E-state index is 0.204. The van der Waals surface area contributed by atoms with Gasteiger partial charge in [-0.15, -0.1) is 0 Å². The van der Waals surface area contributed by atoms with Crippen LogP contribution < -0.4 is 5.73 Å². The Labute approximate surface area is 162 Å². The molecular weight excluding hydrogens is 326 g/mol. The van der Waals surface area contributed by atoms with E-state index in [1.807, 2.05) is 34.6 Å². The zero-order valence-electron chi connectivity index (χ0n) is 18.4. The standard InChI is InChI=1S/C22H45NO3/c1-8-10-11-13-22(7,12-9-2)19(24)18-21(5,6)26-17-16-25-20(3,4)14-15-23/h9,12,19,24H,8,10-11,13-18,23H2,1-7H3. The largest absolute Gasteiger partial charge is 0.392 e. The zero-order valence-corrected chi connectivity index (χ0v) is 18.4. The number of allylic oxidation sites excluding steroid dienone is 1. The van der Waals surface area contributed by atoms with Crippen molar-refractivity contribution in [2.24, 2.45) is 11.1 Å². The molecule has 2 atom stereocenters. The van der Waals surface area contributed by atoms with Crippen molar-refractivity contribution in [2.75, 3.05) is 19.8 Å². The molecule has 0 aromatic carbocycles. The Morgan fingerprint density at radius 3 is 2.04 bits per heavy atom. The summed E-state index contributed by atoms with van der Waals surface area (Å²) in [5, 5.41) is 10.9. The second-order valence-electron chi connectivity index (χ2n) is 8.94. The van der Waals surface area contributed by atoms with Crippen molar-refractivity contribution in [3.8, 4) is 0 Å². The molecule has 0 amide bonds. The lowest BCUT2D eigenvalue weighted by Crippen LogP contribution is -2.39. The summed E-state index contributed by atoms with van der Waals surface area (Å²) in [6.45, 7) is 16.2. The highest BCUT2D eigenvalue weighted by Crippen LogP contribution is 2.35. The van der Waals surface area contributed by atoms with Crippen molar-refractivity contribution in [3.05, 3.63) is 12.2 Å². The van der Waals surface area contributed by atoms with Crippen molar-refractivity contribution in [2.45, 2.75) is 104 Å². The highest BCUT2D eigenvalue weighted by molar-refractivity contribution is 5.01. The van der Waals surface area contributed by atoms with E-state index in [0.29, 0.717) is 26.2 Å². The van der Waals surface area contributed by atoms with Crippen molar-refractivity contribution in [3.63, 3.8) is 0 Å². The van der Waals surface area contributed by atoms with Gasteiger partial charge in [-0.25, -0.2) is 0 Å². The van der Waals surface area contributed by atoms with Crippen LogP contribution in [0.25, 0.3) is 0 Å². The molecule has 4 heteroatoms. The van der Waals surface area contributed by atoms with Crippen LogP contribution >= 0.6 is 0 Å². The average molecular weight is 372 g/mol. The monoisotopic (exact) mass is 371 g/mol. The summed E-state index contributed by atoms with van der Waals surface area (Å²) < 4.78 is 11.9. The maximum absolute atomic E-state index is 10.9. The van der Waals surface area contributed by atoms with E-state index in [1.54, 1.807) is 0 Å². The first-order valence-corrected chi connectivity index (χ1v) is 10.3. The zero-order chi connectivity index (χ0) is 20.3. The minimum atomic E-state index is -0.430. The Morgan fingerprint density at radius 2 is 1.54 bits per heavy atom. The molecule has 2 unspecified atom stereocenters. The topological polar surface area (TPSA) is 64.7 Å². The number of rotatable bonds is 15. The predicted molar refractivity (Wildman–Crippen MR) is 111 cm³/mol. The molecule has 0 aromatic heterocycles. The molecule has 0 aromatic rings. The van der Waals surface area contributed by atoms with Gasteiger partial charge in [0, 0.05) is 11.8 Å². The van der Waals surface area contributed by atoms with Gasteiger partial charge >= 0.3 is 0 Å². The Bertz CT molecular complexity index is 393. The molecule has 26 heavy (non-hydrogen) atoms. The van der Waals surface area contributed by atoms with Crippen LogP contribution in [0.1, 0.15) is 87.0 Å². The summed E-state index contributed by atoms with van der Waals surface area (Å²) in [6.07, 6.45) is 9.74. The van der Waals surface area contributed by atoms with Crippen molar-refractivity contribution in [1.82, 2.24) is 0 Å².